The zero-order valence-corrected chi connectivity index (χ0v) is 13.7. The van der Waals surface area contributed by atoms with Crippen molar-refractivity contribution < 1.29 is 9.47 Å². The molecule has 0 aliphatic rings. The molecule has 0 atom stereocenters. The second-order valence-electron chi connectivity index (χ2n) is 4.46. The molecular formula is C15H23Cl2NO2. The van der Waals surface area contributed by atoms with Crippen LogP contribution >= 0.6 is 23.2 Å². The Balaban J connectivity index is 2.43. The highest BCUT2D eigenvalue weighted by molar-refractivity contribution is 6.37. The highest BCUT2D eigenvalue weighted by atomic mass is 35.5. The minimum Gasteiger partial charge on any atom is -0.490 e. The average molecular weight is 320 g/mol. The summed E-state index contributed by atoms with van der Waals surface area (Å²) in [5.74, 6) is 0.579. The first-order valence-electron chi connectivity index (χ1n) is 7.08. The topological polar surface area (TPSA) is 30.5 Å². The van der Waals surface area contributed by atoms with Gasteiger partial charge in [-0.1, -0.05) is 30.1 Å². The van der Waals surface area contributed by atoms with Gasteiger partial charge in [-0.05, 0) is 44.0 Å². The zero-order valence-electron chi connectivity index (χ0n) is 12.2. The smallest absolute Gasteiger partial charge is 0.156 e. The molecule has 20 heavy (non-hydrogen) atoms. The number of benzene rings is 1. The Bertz CT molecular complexity index is 376. The van der Waals surface area contributed by atoms with E-state index in [2.05, 4.69) is 5.32 Å². The third-order valence-electron chi connectivity index (χ3n) is 2.68. The standard InChI is InChI=1S/C15H23Cl2NO2/c1-3-7-20-15-13(16)9-12(10-14(15)17)11-18-6-5-8-19-4-2/h9-10,18H,3-8,11H2,1-2H3. The second kappa shape index (κ2) is 10.3. The highest BCUT2D eigenvalue weighted by Crippen LogP contribution is 2.34. The number of ether oxygens (including phenoxy) is 2. The Kier molecular flexibility index (Phi) is 9.03. The van der Waals surface area contributed by atoms with E-state index in [1.165, 1.54) is 0 Å². The van der Waals surface area contributed by atoms with Crippen molar-refractivity contribution in [3.8, 4) is 5.75 Å². The average Bonchev–Trinajstić information content (AvgIpc) is 2.42. The molecule has 1 aromatic carbocycles. The molecule has 0 heterocycles. The zero-order chi connectivity index (χ0) is 14.8. The van der Waals surface area contributed by atoms with Gasteiger partial charge in [-0.2, -0.15) is 0 Å². The third kappa shape index (κ3) is 6.31. The van der Waals surface area contributed by atoms with Gasteiger partial charge in [0.1, 0.15) is 0 Å². The Labute approximate surface area is 131 Å². The van der Waals surface area contributed by atoms with E-state index in [0.717, 1.165) is 44.7 Å². The molecule has 0 radical (unpaired) electrons. The SMILES string of the molecule is CCCOc1c(Cl)cc(CNCCCOCC)cc1Cl. The van der Waals surface area contributed by atoms with E-state index in [1.807, 2.05) is 26.0 Å². The molecule has 0 amide bonds. The van der Waals surface area contributed by atoms with Gasteiger partial charge in [0.2, 0.25) is 0 Å². The van der Waals surface area contributed by atoms with E-state index in [1.54, 1.807) is 0 Å². The van der Waals surface area contributed by atoms with Gasteiger partial charge < -0.3 is 14.8 Å². The van der Waals surface area contributed by atoms with E-state index in [4.69, 9.17) is 32.7 Å². The van der Waals surface area contributed by atoms with Crippen LogP contribution < -0.4 is 10.1 Å². The van der Waals surface area contributed by atoms with E-state index >= 15 is 0 Å². The van der Waals surface area contributed by atoms with Crippen molar-refractivity contribution >= 4 is 23.2 Å². The van der Waals surface area contributed by atoms with E-state index in [9.17, 15) is 0 Å². The number of hydrogen-bond donors (Lipinski definition) is 1. The molecule has 0 aliphatic carbocycles. The maximum Gasteiger partial charge on any atom is 0.156 e. The maximum atomic E-state index is 6.19. The molecule has 0 aliphatic heterocycles. The van der Waals surface area contributed by atoms with Crippen LogP contribution in [0.2, 0.25) is 10.0 Å². The van der Waals surface area contributed by atoms with Crippen molar-refractivity contribution in [3.05, 3.63) is 27.7 Å². The van der Waals surface area contributed by atoms with Crippen LogP contribution in [0.1, 0.15) is 32.3 Å². The predicted octanol–water partition coefficient (Wildman–Crippen LogP) is 4.30. The lowest BCUT2D eigenvalue weighted by molar-refractivity contribution is 0.144. The first kappa shape index (κ1) is 17.6. The molecule has 0 saturated carbocycles. The van der Waals surface area contributed by atoms with Crippen molar-refractivity contribution in [3.63, 3.8) is 0 Å². The minimum atomic E-state index is 0.567. The van der Waals surface area contributed by atoms with Gasteiger partial charge in [0, 0.05) is 19.8 Å². The van der Waals surface area contributed by atoms with Gasteiger partial charge in [0.05, 0.1) is 16.7 Å². The first-order chi connectivity index (χ1) is 9.69. The van der Waals surface area contributed by atoms with E-state index < -0.39 is 0 Å². The van der Waals surface area contributed by atoms with Crippen LogP contribution in [0.25, 0.3) is 0 Å². The number of hydrogen-bond acceptors (Lipinski definition) is 3. The Morgan fingerprint density at radius 2 is 1.80 bits per heavy atom. The highest BCUT2D eigenvalue weighted by Gasteiger charge is 2.09. The fourth-order valence-corrected chi connectivity index (χ4v) is 2.37. The molecule has 0 bridgehead atoms. The number of nitrogens with one attached hydrogen (secondary N) is 1. The molecule has 0 spiro atoms. The third-order valence-corrected chi connectivity index (χ3v) is 3.25. The molecule has 0 fully saturated rings. The molecule has 0 aromatic heterocycles. The van der Waals surface area contributed by atoms with Gasteiger partial charge >= 0.3 is 0 Å². The summed E-state index contributed by atoms with van der Waals surface area (Å²) >= 11 is 12.4. The van der Waals surface area contributed by atoms with Crippen LogP contribution in [-0.2, 0) is 11.3 Å². The van der Waals surface area contributed by atoms with Crippen molar-refractivity contribution in [1.29, 1.82) is 0 Å². The van der Waals surface area contributed by atoms with Crippen LogP contribution in [0.5, 0.6) is 5.75 Å². The first-order valence-corrected chi connectivity index (χ1v) is 7.83. The van der Waals surface area contributed by atoms with Crippen molar-refractivity contribution in [2.75, 3.05) is 26.4 Å². The van der Waals surface area contributed by atoms with Crippen LogP contribution in [0.15, 0.2) is 12.1 Å². The monoisotopic (exact) mass is 319 g/mol. The summed E-state index contributed by atoms with van der Waals surface area (Å²) in [6.07, 6.45) is 1.92. The lowest BCUT2D eigenvalue weighted by Crippen LogP contribution is -2.16. The Morgan fingerprint density at radius 1 is 1.10 bits per heavy atom. The van der Waals surface area contributed by atoms with Crippen LogP contribution in [0.3, 0.4) is 0 Å². The normalized spacial score (nSPS) is 10.8. The van der Waals surface area contributed by atoms with E-state index in [0.29, 0.717) is 22.4 Å². The van der Waals surface area contributed by atoms with Gasteiger partial charge in [-0.25, -0.2) is 0 Å². The fraction of sp³-hybridized carbons (Fsp3) is 0.600. The summed E-state index contributed by atoms with van der Waals surface area (Å²) in [6, 6.07) is 3.79. The van der Waals surface area contributed by atoms with E-state index in [-0.39, 0.29) is 0 Å². The van der Waals surface area contributed by atoms with Gasteiger partial charge in [0.25, 0.3) is 0 Å². The molecule has 114 valence electrons. The van der Waals surface area contributed by atoms with Gasteiger partial charge in [-0.3, -0.25) is 0 Å². The van der Waals surface area contributed by atoms with Crippen molar-refractivity contribution in [1.82, 2.24) is 5.32 Å². The lowest BCUT2D eigenvalue weighted by atomic mass is 10.2. The second-order valence-corrected chi connectivity index (χ2v) is 5.28. The summed E-state index contributed by atoms with van der Waals surface area (Å²) in [6.45, 7) is 7.86. The Hall–Kier alpha value is -0.480. The van der Waals surface area contributed by atoms with Crippen molar-refractivity contribution in [2.45, 2.75) is 33.2 Å². The summed E-state index contributed by atoms with van der Waals surface area (Å²) in [4.78, 5) is 0. The van der Waals surface area contributed by atoms with Crippen LogP contribution in [0, 0.1) is 0 Å². The Morgan fingerprint density at radius 3 is 2.40 bits per heavy atom. The minimum absolute atomic E-state index is 0.567. The molecular weight excluding hydrogens is 297 g/mol. The molecule has 0 unspecified atom stereocenters. The predicted molar refractivity (Wildman–Crippen MR) is 85.1 cm³/mol. The number of halogens is 2. The summed E-state index contributed by atoms with van der Waals surface area (Å²) in [7, 11) is 0. The quantitative estimate of drug-likeness (QED) is 0.652. The van der Waals surface area contributed by atoms with Gasteiger partial charge in [0.15, 0.2) is 5.75 Å². The summed E-state index contributed by atoms with van der Waals surface area (Å²) in [5.41, 5.74) is 1.06. The maximum absolute atomic E-state index is 6.19. The number of rotatable bonds is 10. The van der Waals surface area contributed by atoms with Crippen molar-refractivity contribution in [2.24, 2.45) is 0 Å². The van der Waals surface area contributed by atoms with Gasteiger partial charge in [-0.15, -0.1) is 0 Å². The molecule has 0 saturated heterocycles. The summed E-state index contributed by atoms with van der Waals surface area (Å²) in [5, 5.41) is 4.47. The molecule has 1 N–H and O–H groups in total. The molecule has 1 aromatic rings. The lowest BCUT2D eigenvalue weighted by Gasteiger charge is -2.11. The molecule has 1 rings (SSSR count). The molecule has 5 heteroatoms. The van der Waals surface area contributed by atoms with Crippen LogP contribution in [-0.4, -0.2) is 26.4 Å². The van der Waals surface area contributed by atoms with Crippen LogP contribution in [0.4, 0.5) is 0 Å². The largest absolute Gasteiger partial charge is 0.490 e. The fourth-order valence-electron chi connectivity index (χ4n) is 1.73. The summed E-state index contributed by atoms with van der Waals surface area (Å²) < 4.78 is 10.8. The molecule has 3 nitrogen and oxygen atoms in total.